The first-order valence-electron chi connectivity index (χ1n) is 10.7. The molecule has 2 aromatic heterocycles. The molecule has 0 bridgehead atoms. The Morgan fingerprint density at radius 2 is 1.50 bits per heavy atom. The summed E-state index contributed by atoms with van der Waals surface area (Å²) in [5.41, 5.74) is 2.29. The second kappa shape index (κ2) is 10.6. The number of nitrogens with one attached hydrogen (secondary N) is 2. The molecular weight excluding hydrogens is 474 g/mol. The van der Waals surface area contributed by atoms with Gasteiger partial charge in [-0.25, -0.2) is 9.78 Å². The van der Waals surface area contributed by atoms with Gasteiger partial charge >= 0.3 is 12.6 Å². The zero-order chi connectivity index (χ0) is 25.7. The summed E-state index contributed by atoms with van der Waals surface area (Å²) < 4.78 is 30.3. The maximum atomic E-state index is 12.8. The van der Waals surface area contributed by atoms with Crippen LogP contribution >= 0.6 is 0 Å². The van der Waals surface area contributed by atoms with Crippen molar-refractivity contribution < 1.29 is 33.0 Å². The molecule has 2 heterocycles. The number of rotatable bonds is 9. The molecular formula is C25H20F2N4O5. The average Bonchev–Trinajstić information content (AvgIpc) is 3.31. The van der Waals surface area contributed by atoms with Gasteiger partial charge in [0.2, 0.25) is 0 Å². The number of carboxylic acid groups (broad SMARTS) is 1. The number of halogens is 2. The lowest BCUT2D eigenvalue weighted by atomic mass is 10.1. The van der Waals surface area contributed by atoms with Gasteiger partial charge in [-0.05, 0) is 47.5 Å². The minimum Gasteiger partial charge on any atom is -0.478 e. The number of aromatic carboxylic acids is 1. The number of imidazole rings is 1. The Bertz CT molecular complexity index is 1400. The van der Waals surface area contributed by atoms with E-state index in [1.807, 2.05) is 0 Å². The van der Waals surface area contributed by atoms with Crippen molar-refractivity contribution in [3.63, 3.8) is 0 Å². The number of aromatic nitrogens is 2. The van der Waals surface area contributed by atoms with Crippen molar-refractivity contribution in [1.82, 2.24) is 20.0 Å². The first-order valence-corrected chi connectivity index (χ1v) is 10.7. The normalized spacial score (nSPS) is 10.9. The van der Waals surface area contributed by atoms with Gasteiger partial charge in [0.15, 0.2) is 0 Å². The quantitative estimate of drug-likeness (QED) is 0.328. The fourth-order valence-electron chi connectivity index (χ4n) is 3.40. The van der Waals surface area contributed by atoms with E-state index in [2.05, 4.69) is 20.4 Å². The van der Waals surface area contributed by atoms with E-state index >= 15 is 0 Å². The van der Waals surface area contributed by atoms with E-state index in [1.54, 1.807) is 42.5 Å². The number of alkyl halides is 2. The second-order valence-electron chi connectivity index (χ2n) is 7.66. The van der Waals surface area contributed by atoms with Gasteiger partial charge in [-0.15, -0.1) is 0 Å². The molecule has 4 rings (SSSR count). The smallest absolute Gasteiger partial charge is 0.387 e. The van der Waals surface area contributed by atoms with Crippen molar-refractivity contribution in [2.75, 3.05) is 0 Å². The third-order valence-electron chi connectivity index (χ3n) is 5.21. The highest BCUT2D eigenvalue weighted by molar-refractivity contribution is 5.95. The molecule has 0 aliphatic heterocycles. The SMILES string of the molecule is O=C(O)c1ccc(CNC(=O)c2cccc3nc(C(=O)NCc4ccc(OC(F)F)cc4)cn23)cc1. The number of benzene rings is 2. The minimum absolute atomic E-state index is 0.0171. The summed E-state index contributed by atoms with van der Waals surface area (Å²) in [4.78, 5) is 40.6. The number of hydrogen-bond donors (Lipinski definition) is 3. The number of fused-ring (bicyclic) bond motifs is 1. The highest BCUT2D eigenvalue weighted by Gasteiger charge is 2.16. The van der Waals surface area contributed by atoms with E-state index in [-0.39, 0.29) is 35.8 Å². The molecule has 0 saturated carbocycles. The van der Waals surface area contributed by atoms with E-state index in [0.717, 1.165) is 5.56 Å². The van der Waals surface area contributed by atoms with Gasteiger partial charge in [-0.1, -0.05) is 30.3 Å². The number of nitrogens with zero attached hydrogens (tertiary/aromatic N) is 2. The van der Waals surface area contributed by atoms with Crippen LogP contribution in [-0.2, 0) is 13.1 Å². The largest absolute Gasteiger partial charge is 0.478 e. The highest BCUT2D eigenvalue weighted by Crippen LogP contribution is 2.15. The summed E-state index contributed by atoms with van der Waals surface area (Å²) in [7, 11) is 0. The molecule has 36 heavy (non-hydrogen) atoms. The number of pyridine rings is 1. The van der Waals surface area contributed by atoms with Gasteiger partial charge in [0.1, 0.15) is 22.8 Å². The zero-order valence-corrected chi connectivity index (χ0v) is 18.7. The molecule has 0 unspecified atom stereocenters. The lowest BCUT2D eigenvalue weighted by Gasteiger charge is -2.08. The van der Waals surface area contributed by atoms with Crippen LogP contribution in [0.3, 0.4) is 0 Å². The second-order valence-corrected chi connectivity index (χ2v) is 7.66. The van der Waals surface area contributed by atoms with Gasteiger partial charge in [0.05, 0.1) is 5.56 Å². The Morgan fingerprint density at radius 1 is 0.889 bits per heavy atom. The average molecular weight is 494 g/mol. The van der Waals surface area contributed by atoms with E-state index in [4.69, 9.17) is 5.11 Å². The molecule has 0 fully saturated rings. The van der Waals surface area contributed by atoms with Gasteiger partial charge < -0.3 is 20.5 Å². The van der Waals surface area contributed by atoms with Crippen molar-refractivity contribution in [3.8, 4) is 5.75 Å². The van der Waals surface area contributed by atoms with E-state index in [9.17, 15) is 23.2 Å². The van der Waals surface area contributed by atoms with Crippen molar-refractivity contribution in [2.45, 2.75) is 19.7 Å². The van der Waals surface area contributed by atoms with Crippen molar-refractivity contribution in [1.29, 1.82) is 0 Å². The molecule has 2 amide bonds. The van der Waals surface area contributed by atoms with Crippen LogP contribution in [0.1, 0.15) is 42.5 Å². The summed E-state index contributed by atoms with van der Waals surface area (Å²) in [6, 6.07) is 16.9. The van der Waals surface area contributed by atoms with Crippen molar-refractivity contribution >= 4 is 23.4 Å². The third-order valence-corrected chi connectivity index (χ3v) is 5.21. The maximum absolute atomic E-state index is 12.8. The lowest BCUT2D eigenvalue weighted by molar-refractivity contribution is -0.0498. The molecule has 11 heteroatoms. The molecule has 3 N–H and O–H groups in total. The van der Waals surface area contributed by atoms with Crippen LogP contribution in [0.15, 0.2) is 72.9 Å². The van der Waals surface area contributed by atoms with Gasteiger partial charge in [0.25, 0.3) is 11.8 Å². The van der Waals surface area contributed by atoms with Crippen molar-refractivity contribution in [2.24, 2.45) is 0 Å². The fraction of sp³-hybridized carbons (Fsp3) is 0.120. The van der Waals surface area contributed by atoms with Gasteiger partial charge in [0, 0.05) is 19.3 Å². The molecule has 0 radical (unpaired) electrons. The van der Waals surface area contributed by atoms with Crippen molar-refractivity contribution in [3.05, 3.63) is 101 Å². The molecule has 0 atom stereocenters. The van der Waals surface area contributed by atoms with E-state index in [0.29, 0.717) is 11.2 Å². The standard InChI is InChI=1S/C25H20F2N4O5/c26-25(27)36-18-10-6-16(7-11-18)12-28-22(32)19-14-31-20(2-1-3-21(31)30-19)23(33)29-13-15-4-8-17(9-5-15)24(34)35/h1-11,14,25H,12-13H2,(H,28,32)(H,29,33)(H,34,35). The predicted molar refractivity (Wildman–Crippen MR) is 124 cm³/mol. The Balaban J connectivity index is 1.40. The van der Waals surface area contributed by atoms with Crippen LogP contribution in [0.5, 0.6) is 5.75 Å². The monoisotopic (exact) mass is 494 g/mol. The Kier molecular flexibility index (Phi) is 7.19. The molecule has 4 aromatic rings. The molecule has 184 valence electrons. The molecule has 0 spiro atoms. The highest BCUT2D eigenvalue weighted by atomic mass is 19.3. The summed E-state index contributed by atoms with van der Waals surface area (Å²) in [6.07, 6.45) is 1.45. The number of carbonyl (C=O) groups is 3. The van der Waals surface area contributed by atoms with Gasteiger partial charge in [-0.3, -0.25) is 14.0 Å². The maximum Gasteiger partial charge on any atom is 0.387 e. The number of hydrogen-bond acceptors (Lipinski definition) is 5. The molecule has 9 nitrogen and oxygen atoms in total. The van der Waals surface area contributed by atoms with Gasteiger partial charge in [-0.2, -0.15) is 8.78 Å². The fourth-order valence-corrected chi connectivity index (χ4v) is 3.40. The summed E-state index contributed by atoms with van der Waals surface area (Å²) in [6.45, 7) is -2.60. The zero-order valence-electron chi connectivity index (χ0n) is 18.7. The number of amides is 2. The van der Waals surface area contributed by atoms with Crippen LogP contribution in [0.25, 0.3) is 5.65 Å². The number of carboxylic acids is 1. The number of ether oxygens (including phenoxy) is 1. The minimum atomic E-state index is -2.91. The Morgan fingerprint density at radius 3 is 2.11 bits per heavy atom. The topological polar surface area (TPSA) is 122 Å². The Labute approximate surface area is 203 Å². The third kappa shape index (κ3) is 5.81. The summed E-state index contributed by atoms with van der Waals surface area (Å²) in [5.74, 6) is -1.90. The van der Waals surface area contributed by atoms with Crippen LogP contribution in [0.4, 0.5) is 8.78 Å². The predicted octanol–water partition coefficient (Wildman–Crippen LogP) is 3.49. The van der Waals surface area contributed by atoms with Crippen LogP contribution < -0.4 is 15.4 Å². The molecule has 2 aromatic carbocycles. The summed E-state index contributed by atoms with van der Waals surface area (Å²) in [5, 5.41) is 14.4. The van der Waals surface area contributed by atoms with Crippen LogP contribution in [0, 0.1) is 0 Å². The Hall–Kier alpha value is -4.80. The summed E-state index contributed by atoms with van der Waals surface area (Å²) >= 11 is 0. The first kappa shape index (κ1) is 24.3. The van der Waals surface area contributed by atoms with E-state index in [1.165, 1.54) is 34.9 Å². The first-order chi connectivity index (χ1) is 17.3. The molecule has 0 saturated heterocycles. The lowest BCUT2D eigenvalue weighted by Crippen LogP contribution is -2.25. The molecule has 0 aliphatic carbocycles. The number of carbonyl (C=O) groups excluding carboxylic acids is 2. The van der Waals surface area contributed by atoms with Crippen LogP contribution in [0.2, 0.25) is 0 Å². The van der Waals surface area contributed by atoms with E-state index < -0.39 is 24.4 Å². The molecule has 0 aliphatic rings. The van der Waals surface area contributed by atoms with Crippen LogP contribution in [-0.4, -0.2) is 38.9 Å².